The molecule has 2 heterocycles. The first-order chi connectivity index (χ1) is 14.6. The van der Waals surface area contributed by atoms with E-state index in [1.54, 1.807) is 6.07 Å². The Labute approximate surface area is 179 Å². The number of nitrogens with one attached hydrogen (secondary N) is 2. The Morgan fingerprint density at radius 3 is 2.97 bits per heavy atom. The molecule has 5 rings (SSSR count). The van der Waals surface area contributed by atoms with Crippen LogP contribution in [0.15, 0.2) is 29.1 Å². The number of H-pyrrole nitrogens is 1. The predicted molar refractivity (Wildman–Crippen MR) is 117 cm³/mol. The standard InChI is InChI=1S/C23H25ClN4O2/c24-17-9-4-7-15-16-8-5-11-19(23(16)26-22(15)17)25-20(29)13-28-21(30)12-14-6-2-1-3-10-18(14)27-28/h4,7,9,12,19,26H,1-3,5-6,8,10-11,13H2,(H,25,29)/t19-/m0/s1. The van der Waals surface area contributed by atoms with Crippen molar-refractivity contribution >= 4 is 28.4 Å². The first kappa shape index (κ1) is 19.4. The molecule has 2 N–H and O–H groups in total. The van der Waals surface area contributed by atoms with E-state index in [-0.39, 0.29) is 24.1 Å². The molecular formula is C23H25ClN4O2. The summed E-state index contributed by atoms with van der Waals surface area (Å²) in [5, 5.41) is 9.44. The number of aromatic amines is 1. The molecule has 2 aliphatic carbocycles. The smallest absolute Gasteiger partial charge is 0.267 e. The highest BCUT2D eigenvalue weighted by atomic mass is 35.5. The molecule has 0 fully saturated rings. The Hall–Kier alpha value is -2.60. The van der Waals surface area contributed by atoms with Crippen molar-refractivity contribution in [2.45, 2.75) is 64.0 Å². The topological polar surface area (TPSA) is 79.8 Å². The SMILES string of the molecule is O=C(Cn1nc2c(cc1=O)CCCCC2)N[C@H]1CCCc2c1[nH]c1c(Cl)cccc21. The Kier molecular flexibility index (Phi) is 5.11. The highest BCUT2D eigenvalue weighted by molar-refractivity contribution is 6.35. The average molecular weight is 425 g/mol. The van der Waals surface area contributed by atoms with Gasteiger partial charge in [0.05, 0.1) is 22.3 Å². The van der Waals surface area contributed by atoms with Crippen LogP contribution in [0, 0.1) is 0 Å². The third kappa shape index (κ3) is 3.54. The number of rotatable bonds is 3. The van der Waals surface area contributed by atoms with Crippen LogP contribution in [0.5, 0.6) is 0 Å². The quantitative estimate of drug-likeness (QED) is 0.627. The number of halogens is 1. The van der Waals surface area contributed by atoms with Crippen LogP contribution >= 0.6 is 11.6 Å². The molecule has 30 heavy (non-hydrogen) atoms. The van der Waals surface area contributed by atoms with E-state index in [0.29, 0.717) is 5.02 Å². The Bertz CT molecular complexity index is 1180. The maximum absolute atomic E-state index is 12.8. The molecular weight excluding hydrogens is 400 g/mol. The fourth-order valence-electron chi connectivity index (χ4n) is 4.86. The van der Waals surface area contributed by atoms with Crippen LogP contribution < -0.4 is 10.9 Å². The van der Waals surface area contributed by atoms with Crippen LogP contribution in [0.25, 0.3) is 10.9 Å². The highest BCUT2D eigenvalue weighted by Gasteiger charge is 2.26. The van der Waals surface area contributed by atoms with E-state index in [1.165, 1.54) is 10.2 Å². The third-order valence-electron chi connectivity index (χ3n) is 6.34. The number of carbonyl (C=O) groups excluding carboxylic acids is 1. The molecule has 6 nitrogen and oxygen atoms in total. The second kappa shape index (κ2) is 7.91. The summed E-state index contributed by atoms with van der Waals surface area (Å²) in [6, 6.07) is 7.45. The Morgan fingerprint density at radius 1 is 1.20 bits per heavy atom. The third-order valence-corrected chi connectivity index (χ3v) is 6.66. The van der Waals surface area contributed by atoms with Gasteiger partial charge in [0.1, 0.15) is 6.54 Å². The maximum Gasteiger partial charge on any atom is 0.267 e. The lowest BCUT2D eigenvalue weighted by molar-refractivity contribution is -0.122. The van der Waals surface area contributed by atoms with Crippen molar-refractivity contribution in [2.24, 2.45) is 0 Å². The number of aryl methyl sites for hydroxylation is 3. The number of hydrogen-bond donors (Lipinski definition) is 2. The maximum atomic E-state index is 12.8. The average Bonchev–Trinajstić information content (AvgIpc) is 2.97. The van der Waals surface area contributed by atoms with Crippen molar-refractivity contribution in [1.29, 1.82) is 0 Å². The van der Waals surface area contributed by atoms with Gasteiger partial charge in [-0.25, -0.2) is 4.68 Å². The minimum Gasteiger partial charge on any atom is -0.355 e. The number of hydrogen-bond acceptors (Lipinski definition) is 3. The molecule has 0 bridgehead atoms. The van der Waals surface area contributed by atoms with E-state index in [9.17, 15) is 9.59 Å². The molecule has 1 amide bonds. The molecule has 0 saturated carbocycles. The lowest BCUT2D eigenvalue weighted by atomic mass is 9.91. The summed E-state index contributed by atoms with van der Waals surface area (Å²) in [6.45, 7) is -0.0566. The normalized spacial score (nSPS) is 18.5. The van der Waals surface area contributed by atoms with Gasteiger partial charge in [-0.15, -0.1) is 0 Å². The molecule has 3 aromatic rings. The van der Waals surface area contributed by atoms with Gasteiger partial charge in [0, 0.05) is 17.1 Å². The molecule has 0 spiro atoms. The molecule has 0 unspecified atom stereocenters. The number of benzene rings is 1. The monoisotopic (exact) mass is 424 g/mol. The van der Waals surface area contributed by atoms with Gasteiger partial charge >= 0.3 is 0 Å². The number of fused-ring (bicyclic) bond motifs is 4. The second-order valence-electron chi connectivity index (χ2n) is 8.36. The van der Waals surface area contributed by atoms with Gasteiger partial charge in [0.25, 0.3) is 5.56 Å². The first-order valence-electron chi connectivity index (χ1n) is 10.8. The van der Waals surface area contributed by atoms with Crippen molar-refractivity contribution in [3.05, 3.63) is 62.2 Å². The van der Waals surface area contributed by atoms with Gasteiger partial charge in [-0.1, -0.05) is 30.2 Å². The number of carbonyl (C=O) groups is 1. The molecule has 1 aromatic carbocycles. The first-order valence-corrected chi connectivity index (χ1v) is 11.2. The molecule has 156 valence electrons. The fourth-order valence-corrected chi connectivity index (χ4v) is 5.09. The summed E-state index contributed by atoms with van der Waals surface area (Å²) in [5.41, 5.74) is 4.98. The zero-order valence-corrected chi connectivity index (χ0v) is 17.6. The van der Waals surface area contributed by atoms with Crippen LogP contribution in [-0.4, -0.2) is 20.7 Å². The molecule has 0 radical (unpaired) electrons. The van der Waals surface area contributed by atoms with Gasteiger partial charge in [-0.2, -0.15) is 5.10 Å². The summed E-state index contributed by atoms with van der Waals surface area (Å²) < 4.78 is 1.31. The largest absolute Gasteiger partial charge is 0.355 e. The summed E-state index contributed by atoms with van der Waals surface area (Å²) in [4.78, 5) is 28.7. The highest BCUT2D eigenvalue weighted by Crippen LogP contribution is 2.36. The van der Waals surface area contributed by atoms with E-state index < -0.39 is 0 Å². The minimum atomic E-state index is -0.201. The van der Waals surface area contributed by atoms with E-state index >= 15 is 0 Å². The zero-order valence-electron chi connectivity index (χ0n) is 16.8. The summed E-state index contributed by atoms with van der Waals surface area (Å²) in [7, 11) is 0. The molecule has 0 saturated heterocycles. The van der Waals surface area contributed by atoms with Crippen molar-refractivity contribution in [3.8, 4) is 0 Å². The van der Waals surface area contributed by atoms with Crippen LogP contribution in [0.3, 0.4) is 0 Å². The predicted octanol–water partition coefficient (Wildman–Crippen LogP) is 3.84. The minimum absolute atomic E-state index is 0.0566. The number of nitrogens with zero attached hydrogens (tertiary/aromatic N) is 2. The van der Waals surface area contributed by atoms with Crippen LogP contribution in [-0.2, 0) is 30.6 Å². The van der Waals surface area contributed by atoms with Gasteiger partial charge in [0.15, 0.2) is 0 Å². The Morgan fingerprint density at radius 2 is 2.07 bits per heavy atom. The van der Waals surface area contributed by atoms with Crippen molar-refractivity contribution in [2.75, 3.05) is 0 Å². The van der Waals surface area contributed by atoms with Gasteiger partial charge < -0.3 is 10.3 Å². The van der Waals surface area contributed by atoms with E-state index in [0.717, 1.165) is 79.2 Å². The molecule has 2 aromatic heterocycles. The van der Waals surface area contributed by atoms with Crippen LogP contribution in [0.4, 0.5) is 0 Å². The molecule has 1 atom stereocenters. The number of aromatic nitrogens is 3. The zero-order chi connectivity index (χ0) is 20.7. The summed E-state index contributed by atoms with van der Waals surface area (Å²) in [5.74, 6) is -0.194. The number of amides is 1. The molecule has 0 aliphatic heterocycles. The Balaban J connectivity index is 1.37. The van der Waals surface area contributed by atoms with E-state index in [1.807, 2.05) is 12.1 Å². The van der Waals surface area contributed by atoms with Crippen molar-refractivity contribution < 1.29 is 4.79 Å². The van der Waals surface area contributed by atoms with E-state index in [2.05, 4.69) is 21.5 Å². The van der Waals surface area contributed by atoms with Crippen LogP contribution in [0.2, 0.25) is 5.02 Å². The second-order valence-corrected chi connectivity index (χ2v) is 8.77. The lowest BCUT2D eigenvalue weighted by Crippen LogP contribution is -2.37. The number of para-hydroxylation sites is 1. The van der Waals surface area contributed by atoms with Crippen LogP contribution in [0.1, 0.15) is 60.7 Å². The van der Waals surface area contributed by atoms with E-state index in [4.69, 9.17) is 11.6 Å². The summed E-state index contributed by atoms with van der Waals surface area (Å²) >= 11 is 6.36. The van der Waals surface area contributed by atoms with Crippen molar-refractivity contribution in [3.63, 3.8) is 0 Å². The van der Waals surface area contributed by atoms with Gasteiger partial charge in [-0.3, -0.25) is 9.59 Å². The lowest BCUT2D eigenvalue weighted by Gasteiger charge is -2.24. The van der Waals surface area contributed by atoms with Crippen molar-refractivity contribution in [1.82, 2.24) is 20.1 Å². The summed E-state index contributed by atoms with van der Waals surface area (Å²) in [6.07, 6.45) is 7.92. The fraction of sp³-hybridized carbons (Fsp3) is 0.435. The molecule has 2 aliphatic rings. The van der Waals surface area contributed by atoms with Gasteiger partial charge in [-0.05, 0) is 62.1 Å². The molecule has 7 heteroatoms. The van der Waals surface area contributed by atoms with Gasteiger partial charge in [0.2, 0.25) is 5.91 Å².